The third-order valence-electron chi connectivity index (χ3n) is 4.84. The summed E-state index contributed by atoms with van der Waals surface area (Å²) in [4.78, 5) is 14.7. The lowest BCUT2D eigenvalue weighted by Gasteiger charge is -2.41. The fraction of sp³-hybridized carbons (Fsp3) is 0.350. The maximum Gasteiger partial charge on any atom is 0.254 e. The van der Waals surface area contributed by atoms with Crippen LogP contribution in [-0.2, 0) is 13.0 Å². The Balaban J connectivity index is 1.66. The Bertz CT molecular complexity index is 791. The van der Waals surface area contributed by atoms with Crippen LogP contribution in [0.3, 0.4) is 0 Å². The van der Waals surface area contributed by atoms with E-state index in [1.165, 1.54) is 23.3 Å². The standard InChI is InChI=1S/C20H22BrFN2O/c1-20(2,24-10-9-14-5-3-4-6-15(14)12-24)13-23-19(25)17-11-16(21)7-8-18(17)22/h3-8,11H,9-10,12-13H2,1-2H3,(H,23,25). The summed E-state index contributed by atoms with van der Waals surface area (Å²) in [6.07, 6.45) is 1.01. The SMILES string of the molecule is CC(C)(CNC(=O)c1cc(Br)ccc1F)N1CCc2ccccc2C1. The van der Waals surface area contributed by atoms with E-state index in [9.17, 15) is 9.18 Å². The Morgan fingerprint density at radius 3 is 2.72 bits per heavy atom. The molecule has 0 aliphatic carbocycles. The normalized spacial score (nSPS) is 14.9. The molecule has 1 heterocycles. The highest BCUT2D eigenvalue weighted by atomic mass is 79.9. The number of nitrogens with one attached hydrogen (secondary N) is 1. The molecule has 1 aliphatic heterocycles. The predicted octanol–water partition coefficient (Wildman–Crippen LogP) is 4.15. The van der Waals surface area contributed by atoms with Crippen molar-refractivity contribution in [2.24, 2.45) is 0 Å². The average molecular weight is 405 g/mol. The van der Waals surface area contributed by atoms with Gasteiger partial charge >= 0.3 is 0 Å². The first kappa shape index (κ1) is 18.1. The van der Waals surface area contributed by atoms with Crippen molar-refractivity contribution in [2.75, 3.05) is 13.1 Å². The number of nitrogens with zero attached hydrogens (tertiary/aromatic N) is 1. The first-order chi connectivity index (χ1) is 11.9. The van der Waals surface area contributed by atoms with Crippen molar-refractivity contribution in [3.05, 3.63) is 69.4 Å². The Labute approximate surface area is 156 Å². The fourth-order valence-electron chi connectivity index (χ4n) is 3.19. The molecule has 5 heteroatoms. The van der Waals surface area contributed by atoms with Gasteiger partial charge in [0.25, 0.3) is 5.91 Å². The van der Waals surface area contributed by atoms with Crippen molar-refractivity contribution in [1.82, 2.24) is 10.2 Å². The zero-order chi connectivity index (χ0) is 18.0. The van der Waals surface area contributed by atoms with Gasteiger partial charge in [-0.25, -0.2) is 4.39 Å². The van der Waals surface area contributed by atoms with Crippen molar-refractivity contribution >= 4 is 21.8 Å². The largest absolute Gasteiger partial charge is 0.350 e. The van der Waals surface area contributed by atoms with Gasteiger partial charge in [-0.15, -0.1) is 0 Å². The molecule has 132 valence electrons. The van der Waals surface area contributed by atoms with Crippen LogP contribution in [0.15, 0.2) is 46.9 Å². The van der Waals surface area contributed by atoms with E-state index in [0.717, 1.165) is 19.5 Å². The Morgan fingerprint density at radius 2 is 1.96 bits per heavy atom. The van der Waals surface area contributed by atoms with Gasteiger partial charge in [0.05, 0.1) is 5.56 Å². The maximum atomic E-state index is 13.9. The molecule has 0 bridgehead atoms. The van der Waals surface area contributed by atoms with Crippen LogP contribution in [0.1, 0.15) is 35.3 Å². The summed E-state index contributed by atoms with van der Waals surface area (Å²) in [5, 5.41) is 2.89. The second-order valence-corrected chi connectivity index (χ2v) is 7.98. The minimum Gasteiger partial charge on any atom is -0.350 e. The third kappa shape index (κ3) is 4.10. The highest BCUT2D eigenvalue weighted by molar-refractivity contribution is 9.10. The van der Waals surface area contributed by atoms with Gasteiger partial charge in [0.15, 0.2) is 0 Å². The van der Waals surface area contributed by atoms with Gasteiger partial charge in [-0.05, 0) is 49.6 Å². The molecule has 1 amide bonds. The quantitative estimate of drug-likeness (QED) is 0.829. The zero-order valence-corrected chi connectivity index (χ0v) is 16.1. The lowest BCUT2D eigenvalue weighted by atomic mass is 9.94. The van der Waals surface area contributed by atoms with Crippen molar-refractivity contribution in [3.63, 3.8) is 0 Å². The number of hydrogen-bond acceptors (Lipinski definition) is 2. The van der Waals surface area contributed by atoms with Crippen molar-refractivity contribution < 1.29 is 9.18 Å². The van der Waals surface area contributed by atoms with Crippen molar-refractivity contribution in [3.8, 4) is 0 Å². The summed E-state index contributed by atoms with van der Waals surface area (Å²) in [6.45, 7) is 6.49. The molecule has 1 aliphatic rings. The molecule has 0 atom stereocenters. The summed E-state index contributed by atoms with van der Waals surface area (Å²) in [6, 6.07) is 12.9. The van der Waals surface area contributed by atoms with E-state index in [4.69, 9.17) is 0 Å². The summed E-state index contributed by atoms with van der Waals surface area (Å²) in [7, 11) is 0. The number of amides is 1. The number of carbonyl (C=O) groups excluding carboxylic acids is 1. The van der Waals surface area contributed by atoms with Gasteiger partial charge in [-0.3, -0.25) is 9.69 Å². The van der Waals surface area contributed by atoms with E-state index in [-0.39, 0.29) is 17.0 Å². The highest BCUT2D eigenvalue weighted by Gasteiger charge is 2.30. The Hall–Kier alpha value is -1.72. The zero-order valence-electron chi connectivity index (χ0n) is 14.5. The number of rotatable bonds is 4. The Kier molecular flexibility index (Phi) is 5.25. The Morgan fingerprint density at radius 1 is 1.24 bits per heavy atom. The van der Waals surface area contributed by atoms with Gasteiger partial charge in [0.2, 0.25) is 0 Å². The predicted molar refractivity (Wildman–Crippen MR) is 101 cm³/mol. The first-order valence-corrected chi connectivity index (χ1v) is 9.21. The van der Waals surface area contributed by atoms with Crippen LogP contribution in [0, 0.1) is 5.82 Å². The minimum absolute atomic E-state index is 0.0640. The average Bonchev–Trinajstić information content (AvgIpc) is 2.61. The second-order valence-electron chi connectivity index (χ2n) is 7.06. The van der Waals surface area contributed by atoms with Gasteiger partial charge in [-0.1, -0.05) is 40.2 Å². The van der Waals surface area contributed by atoms with E-state index in [2.05, 4.69) is 64.3 Å². The van der Waals surface area contributed by atoms with Crippen LogP contribution >= 0.6 is 15.9 Å². The number of fused-ring (bicyclic) bond motifs is 1. The monoisotopic (exact) mass is 404 g/mol. The molecule has 1 N–H and O–H groups in total. The maximum absolute atomic E-state index is 13.9. The molecule has 0 radical (unpaired) electrons. The molecule has 0 unspecified atom stereocenters. The summed E-state index contributed by atoms with van der Waals surface area (Å²) in [5.41, 5.74) is 2.58. The minimum atomic E-state index is -0.509. The molecule has 3 rings (SSSR count). The fourth-order valence-corrected chi connectivity index (χ4v) is 3.55. The molecule has 2 aromatic rings. The van der Waals surface area contributed by atoms with Crippen LogP contribution in [0.2, 0.25) is 0 Å². The van der Waals surface area contributed by atoms with Gasteiger partial charge in [0.1, 0.15) is 5.82 Å². The van der Waals surface area contributed by atoms with Crippen LogP contribution in [0.4, 0.5) is 4.39 Å². The number of benzene rings is 2. The molecular weight excluding hydrogens is 383 g/mol. The topological polar surface area (TPSA) is 32.3 Å². The van der Waals surface area contributed by atoms with Crippen molar-refractivity contribution in [1.29, 1.82) is 0 Å². The van der Waals surface area contributed by atoms with E-state index < -0.39 is 5.82 Å². The summed E-state index contributed by atoms with van der Waals surface area (Å²) < 4.78 is 14.6. The third-order valence-corrected chi connectivity index (χ3v) is 5.33. The van der Waals surface area contributed by atoms with Crippen molar-refractivity contribution in [2.45, 2.75) is 32.4 Å². The van der Waals surface area contributed by atoms with E-state index in [1.807, 2.05) is 0 Å². The molecule has 3 nitrogen and oxygen atoms in total. The molecule has 0 saturated carbocycles. The van der Waals surface area contributed by atoms with Crippen LogP contribution < -0.4 is 5.32 Å². The van der Waals surface area contributed by atoms with E-state index in [1.54, 1.807) is 6.07 Å². The molecule has 2 aromatic carbocycles. The van der Waals surface area contributed by atoms with Gasteiger partial charge in [0, 0.05) is 29.6 Å². The van der Waals surface area contributed by atoms with Gasteiger partial charge in [-0.2, -0.15) is 0 Å². The molecular formula is C20H22BrFN2O. The molecule has 25 heavy (non-hydrogen) atoms. The molecule has 0 spiro atoms. The van der Waals surface area contributed by atoms with Crippen LogP contribution in [0.5, 0.6) is 0 Å². The number of halogens is 2. The lowest BCUT2D eigenvalue weighted by Crippen LogP contribution is -2.53. The van der Waals surface area contributed by atoms with E-state index >= 15 is 0 Å². The number of hydrogen-bond donors (Lipinski definition) is 1. The number of carbonyl (C=O) groups is 1. The molecule has 0 aromatic heterocycles. The van der Waals surface area contributed by atoms with E-state index in [0.29, 0.717) is 11.0 Å². The highest BCUT2D eigenvalue weighted by Crippen LogP contribution is 2.25. The van der Waals surface area contributed by atoms with Gasteiger partial charge < -0.3 is 5.32 Å². The van der Waals surface area contributed by atoms with Crippen LogP contribution in [-0.4, -0.2) is 29.4 Å². The smallest absolute Gasteiger partial charge is 0.254 e. The van der Waals surface area contributed by atoms with Crippen LogP contribution in [0.25, 0.3) is 0 Å². The first-order valence-electron chi connectivity index (χ1n) is 8.42. The second kappa shape index (κ2) is 7.26. The molecule has 0 saturated heterocycles. The summed E-state index contributed by atoms with van der Waals surface area (Å²) in [5.74, 6) is -0.894. The summed E-state index contributed by atoms with van der Waals surface area (Å²) >= 11 is 3.28. The molecule has 0 fully saturated rings. The lowest BCUT2D eigenvalue weighted by molar-refractivity contribution is 0.0823.